The highest BCUT2D eigenvalue weighted by atomic mass is 79.9. The second-order valence-electron chi connectivity index (χ2n) is 5.36. The summed E-state index contributed by atoms with van der Waals surface area (Å²) in [5.41, 5.74) is 2.28. The van der Waals surface area contributed by atoms with Crippen molar-refractivity contribution in [1.29, 1.82) is 0 Å². The van der Waals surface area contributed by atoms with Crippen molar-refractivity contribution in [2.45, 2.75) is 18.9 Å². The lowest BCUT2D eigenvalue weighted by Gasteiger charge is -2.40. The molecule has 2 aromatic rings. The highest BCUT2D eigenvalue weighted by Crippen LogP contribution is 2.34. The minimum atomic E-state index is -0.177. The fourth-order valence-electron chi connectivity index (χ4n) is 2.60. The van der Waals surface area contributed by atoms with Gasteiger partial charge in [-0.05, 0) is 37.1 Å². The van der Waals surface area contributed by atoms with Gasteiger partial charge in [-0.3, -0.25) is 0 Å². The van der Waals surface area contributed by atoms with Gasteiger partial charge in [-0.15, -0.1) is 0 Å². The fraction of sp³-hybridized carbons (Fsp3) is 0.294. The quantitative estimate of drug-likeness (QED) is 0.800. The molecule has 104 valence electrons. The Bertz CT molecular complexity index is 577. The van der Waals surface area contributed by atoms with Gasteiger partial charge >= 0.3 is 0 Å². The van der Waals surface area contributed by atoms with Crippen molar-refractivity contribution < 1.29 is 4.74 Å². The average molecular weight is 332 g/mol. The summed E-state index contributed by atoms with van der Waals surface area (Å²) in [5.74, 6) is 0. The molecule has 1 aliphatic heterocycles. The Morgan fingerprint density at radius 2 is 1.90 bits per heavy atom. The number of hydrogen-bond acceptors (Lipinski definition) is 2. The maximum Gasteiger partial charge on any atom is 0.120 e. The van der Waals surface area contributed by atoms with Gasteiger partial charge in [-0.25, -0.2) is 0 Å². The molecular formula is C17H18BrNO. The van der Waals surface area contributed by atoms with Crippen LogP contribution in [0.4, 0.5) is 5.69 Å². The van der Waals surface area contributed by atoms with Crippen LogP contribution in [0.3, 0.4) is 0 Å². The summed E-state index contributed by atoms with van der Waals surface area (Å²) < 4.78 is 7.27. The molecule has 0 N–H and O–H groups in total. The molecule has 1 aliphatic rings. The number of nitrogens with zero attached hydrogens (tertiary/aromatic N) is 1. The Morgan fingerprint density at radius 3 is 2.55 bits per heavy atom. The molecule has 0 radical (unpaired) electrons. The molecule has 1 atom stereocenters. The van der Waals surface area contributed by atoms with Gasteiger partial charge in [-0.1, -0.05) is 52.3 Å². The van der Waals surface area contributed by atoms with Crippen molar-refractivity contribution in [2.75, 3.05) is 18.2 Å². The third-order valence-corrected chi connectivity index (χ3v) is 4.45. The zero-order valence-electron chi connectivity index (χ0n) is 11.6. The van der Waals surface area contributed by atoms with Crippen LogP contribution in [0, 0.1) is 0 Å². The normalized spacial score (nSPS) is 22.8. The first kappa shape index (κ1) is 13.7. The van der Waals surface area contributed by atoms with E-state index in [1.807, 2.05) is 12.1 Å². The Balaban J connectivity index is 1.74. The number of anilines is 1. The zero-order valence-corrected chi connectivity index (χ0v) is 13.1. The van der Waals surface area contributed by atoms with E-state index < -0.39 is 0 Å². The van der Waals surface area contributed by atoms with Crippen molar-refractivity contribution in [1.82, 2.24) is 0 Å². The molecule has 1 saturated heterocycles. The summed E-state index contributed by atoms with van der Waals surface area (Å²) in [6.07, 6.45) is 0.990. The number of ether oxygens (including phenoxy) is 1. The second-order valence-corrected chi connectivity index (χ2v) is 6.28. The van der Waals surface area contributed by atoms with Gasteiger partial charge in [0, 0.05) is 16.7 Å². The minimum absolute atomic E-state index is 0.177. The molecule has 1 fully saturated rings. The molecule has 0 saturated carbocycles. The predicted molar refractivity (Wildman–Crippen MR) is 85.9 cm³/mol. The molecule has 2 nitrogen and oxygen atoms in total. The van der Waals surface area contributed by atoms with Crippen LogP contribution in [0.15, 0.2) is 59.1 Å². The van der Waals surface area contributed by atoms with E-state index in [1.54, 1.807) is 0 Å². The molecular weight excluding hydrogens is 314 g/mol. The summed E-state index contributed by atoms with van der Waals surface area (Å²) >= 11 is 3.52. The van der Waals surface area contributed by atoms with Gasteiger partial charge in [0.25, 0.3) is 0 Å². The largest absolute Gasteiger partial charge is 0.350 e. The smallest absolute Gasteiger partial charge is 0.120 e. The van der Waals surface area contributed by atoms with E-state index in [-0.39, 0.29) is 5.60 Å². The maximum atomic E-state index is 6.17. The highest BCUT2D eigenvalue weighted by molar-refractivity contribution is 9.10. The lowest BCUT2D eigenvalue weighted by molar-refractivity contribution is -0.0620. The number of benzene rings is 2. The molecule has 0 amide bonds. The van der Waals surface area contributed by atoms with Gasteiger partial charge in [-0.2, -0.15) is 0 Å². The summed E-state index contributed by atoms with van der Waals surface area (Å²) in [7, 11) is 0. The van der Waals surface area contributed by atoms with E-state index in [0.717, 1.165) is 17.4 Å². The van der Waals surface area contributed by atoms with Crippen LogP contribution in [-0.2, 0) is 10.3 Å². The predicted octanol–water partition coefficient (Wildman–Crippen LogP) is 4.55. The Hall–Kier alpha value is -1.32. The van der Waals surface area contributed by atoms with Crippen LogP contribution >= 0.6 is 15.9 Å². The van der Waals surface area contributed by atoms with E-state index in [9.17, 15) is 0 Å². The average Bonchev–Trinajstić information content (AvgIpc) is 2.49. The standard InChI is InChI=1S/C17H18BrNO/c1-17(14-6-3-2-4-7-14)10-11-19(13-20-17)16-9-5-8-15(18)12-16/h2-9,12H,10-11,13H2,1H3. The molecule has 0 aliphatic carbocycles. The van der Waals surface area contributed by atoms with Crippen LogP contribution in [0.2, 0.25) is 0 Å². The monoisotopic (exact) mass is 331 g/mol. The molecule has 3 rings (SSSR count). The number of rotatable bonds is 2. The highest BCUT2D eigenvalue weighted by Gasteiger charge is 2.32. The number of hydrogen-bond donors (Lipinski definition) is 0. The van der Waals surface area contributed by atoms with Crippen LogP contribution in [0.1, 0.15) is 18.9 Å². The topological polar surface area (TPSA) is 12.5 Å². The van der Waals surface area contributed by atoms with E-state index in [4.69, 9.17) is 4.74 Å². The van der Waals surface area contributed by atoms with Gasteiger partial charge < -0.3 is 9.64 Å². The third kappa shape index (κ3) is 2.74. The first-order valence-corrected chi connectivity index (χ1v) is 7.67. The number of halogens is 1. The van der Waals surface area contributed by atoms with Crippen molar-refractivity contribution in [2.24, 2.45) is 0 Å². The SMILES string of the molecule is CC1(c2ccccc2)CCN(c2cccc(Br)c2)CO1. The van der Waals surface area contributed by atoms with Crippen molar-refractivity contribution >= 4 is 21.6 Å². The van der Waals surface area contributed by atoms with E-state index in [2.05, 4.69) is 70.2 Å². The first-order valence-electron chi connectivity index (χ1n) is 6.87. The lowest BCUT2D eigenvalue weighted by Crippen LogP contribution is -2.43. The molecule has 3 heteroatoms. The molecule has 1 heterocycles. The van der Waals surface area contributed by atoms with Crippen molar-refractivity contribution in [3.05, 3.63) is 64.6 Å². The van der Waals surface area contributed by atoms with Crippen LogP contribution in [0.25, 0.3) is 0 Å². The summed E-state index contributed by atoms with van der Waals surface area (Å²) in [6.45, 7) is 3.81. The molecule has 0 spiro atoms. The summed E-state index contributed by atoms with van der Waals surface area (Å²) in [5, 5.41) is 0. The van der Waals surface area contributed by atoms with Crippen molar-refractivity contribution in [3.8, 4) is 0 Å². The fourth-order valence-corrected chi connectivity index (χ4v) is 2.99. The van der Waals surface area contributed by atoms with Crippen LogP contribution < -0.4 is 4.90 Å². The van der Waals surface area contributed by atoms with Gasteiger partial charge in [0.15, 0.2) is 0 Å². The van der Waals surface area contributed by atoms with E-state index in [0.29, 0.717) is 6.73 Å². The van der Waals surface area contributed by atoms with E-state index in [1.165, 1.54) is 11.3 Å². The van der Waals surface area contributed by atoms with Gasteiger partial charge in [0.1, 0.15) is 6.73 Å². The van der Waals surface area contributed by atoms with Crippen LogP contribution in [-0.4, -0.2) is 13.3 Å². The van der Waals surface area contributed by atoms with E-state index >= 15 is 0 Å². The molecule has 2 aromatic carbocycles. The van der Waals surface area contributed by atoms with Gasteiger partial charge in [0.2, 0.25) is 0 Å². The molecule has 0 aromatic heterocycles. The summed E-state index contributed by atoms with van der Waals surface area (Å²) in [6, 6.07) is 18.9. The Kier molecular flexibility index (Phi) is 3.81. The van der Waals surface area contributed by atoms with Crippen LogP contribution in [0.5, 0.6) is 0 Å². The summed E-state index contributed by atoms with van der Waals surface area (Å²) in [4.78, 5) is 2.27. The first-order chi connectivity index (χ1) is 9.67. The maximum absolute atomic E-state index is 6.17. The Labute approximate surface area is 128 Å². The molecule has 20 heavy (non-hydrogen) atoms. The lowest BCUT2D eigenvalue weighted by atomic mass is 9.91. The Morgan fingerprint density at radius 1 is 1.10 bits per heavy atom. The molecule has 1 unspecified atom stereocenters. The molecule has 0 bridgehead atoms. The zero-order chi connectivity index (χ0) is 14.0. The second kappa shape index (κ2) is 5.58. The third-order valence-electron chi connectivity index (χ3n) is 3.96. The van der Waals surface area contributed by atoms with Gasteiger partial charge in [0.05, 0.1) is 5.60 Å². The van der Waals surface area contributed by atoms with Crippen molar-refractivity contribution in [3.63, 3.8) is 0 Å². The minimum Gasteiger partial charge on any atom is -0.350 e.